The van der Waals surface area contributed by atoms with Crippen molar-refractivity contribution in [2.24, 2.45) is 5.92 Å². The lowest BCUT2D eigenvalue weighted by Gasteiger charge is -2.36. The van der Waals surface area contributed by atoms with E-state index in [1.165, 1.54) is 65.0 Å². The summed E-state index contributed by atoms with van der Waals surface area (Å²) >= 11 is 0. The number of hydrogen-bond donors (Lipinski definition) is 0. The number of rotatable bonds is 5. The van der Waals surface area contributed by atoms with E-state index in [2.05, 4.69) is 29.7 Å². The molecule has 0 aromatic carbocycles. The van der Waals surface area contributed by atoms with Gasteiger partial charge in [0, 0.05) is 32.7 Å². The van der Waals surface area contributed by atoms with Crippen LogP contribution in [0, 0.1) is 5.92 Å². The largest absolute Gasteiger partial charge is 0.301 e. The van der Waals surface area contributed by atoms with E-state index in [-0.39, 0.29) is 0 Å². The minimum Gasteiger partial charge on any atom is -0.301 e. The van der Waals surface area contributed by atoms with Crippen molar-refractivity contribution in [3.63, 3.8) is 0 Å². The molecular formula is C15H28N2. The molecule has 1 fully saturated rings. The summed E-state index contributed by atoms with van der Waals surface area (Å²) in [6.07, 6.45) is 7.79. The number of hydrogen-bond acceptors (Lipinski definition) is 2. The lowest BCUT2D eigenvalue weighted by molar-refractivity contribution is 0.118. The van der Waals surface area contributed by atoms with Crippen molar-refractivity contribution < 1.29 is 0 Å². The molecule has 17 heavy (non-hydrogen) atoms. The molecule has 2 heteroatoms. The number of nitrogens with zero attached hydrogens (tertiary/aromatic N) is 2. The first kappa shape index (κ1) is 13.1. The van der Waals surface area contributed by atoms with Crippen LogP contribution in [0.2, 0.25) is 0 Å². The quantitative estimate of drug-likeness (QED) is 0.677. The Kier molecular flexibility index (Phi) is 5.05. The molecule has 2 nitrogen and oxygen atoms in total. The van der Waals surface area contributed by atoms with Gasteiger partial charge in [-0.2, -0.15) is 0 Å². The third-order valence-electron chi connectivity index (χ3n) is 4.22. The fourth-order valence-corrected chi connectivity index (χ4v) is 3.07. The van der Waals surface area contributed by atoms with Crippen molar-refractivity contribution in [2.75, 3.05) is 39.3 Å². The molecule has 1 aliphatic heterocycles. The van der Waals surface area contributed by atoms with Crippen molar-refractivity contribution in [1.82, 2.24) is 9.80 Å². The molecule has 2 rings (SSSR count). The predicted molar refractivity (Wildman–Crippen MR) is 74.3 cm³/mol. The van der Waals surface area contributed by atoms with E-state index in [1.807, 2.05) is 0 Å². The smallest absolute Gasteiger partial charge is 0.0110 e. The van der Waals surface area contributed by atoms with Gasteiger partial charge >= 0.3 is 0 Å². The zero-order valence-electron chi connectivity index (χ0n) is 11.6. The van der Waals surface area contributed by atoms with Crippen LogP contribution in [0.15, 0.2) is 11.6 Å². The predicted octanol–water partition coefficient (Wildman–Crippen LogP) is 2.76. The summed E-state index contributed by atoms with van der Waals surface area (Å²) in [6, 6.07) is 0. The Bertz CT molecular complexity index is 252. The van der Waals surface area contributed by atoms with Crippen molar-refractivity contribution in [3.8, 4) is 0 Å². The first-order valence-corrected chi connectivity index (χ1v) is 7.38. The number of allylic oxidation sites excluding steroid dienone is 2. The molecule has 0 amide bonds. The first-order chi connectivity index (χ1) is 8.28. The summed E-state index contributed by atoms with van der Waals surface area (Å²) in [5.41, 5.74) is 1.61. The van der Waals surface area contributed by atoms with Crippen LogP contribution in [0.3, 0.4) is 0 Å². The Morgan fingerprint density at radius 3 is 2.47 bits per heavy atom. The van der Waals surface area contributed by atoms with E-state index in [1.54, 1.807) is 5.57 Å². The van der Waals surface area contributed by atoms with Gasteiger partial charge in [0.05, 0.1) is 0 Å². The van der Waals surface area contributed by atoms with Crippen LogP contribution in [-0.2, 0) is 0 Å². The van der Waals surface area contributed by atoms with E-state index in [0.29, 0.717) is 0 Å². The van der Waals surface area contributed by atoms with Crippen LogP contribution in [0.25, 0.3) is 0 Å². The van der Waals surface area contributed by atoms with E-state index < -0.39 is 0 Å². The second-order valence-corrected chi connectivity index (χ2v) is 5.85. The first-order valence-electron chi connectivity index (χ1n) is 7.38. The van der Waals surface area contributed by atoms with Crippen LogP contribution in [-0.4, -0.2) is 49.1 Å². The molecule has 1 unspecified atom stereocenters. The molecule has 2 aliphatic rings. The van der Waals surface area contributed by atoms with Gasteiger partial charge in [-0.25, -0.2) is 0 Å². The number of unbranched alkanes of at least 4 members (excludes halogenated alkanes) is 1. The zero-order valence-corrected chi connectivity index (χ0v) is 11.6. The van der Waals surface area contributed by atoms with Gasteiger partial charge in [0.1, 0.15) is 0 Å². The van der Waals surface area contributed by atoms with E-state index in [9.17, 15) is 0 Å². The third-order valence-corrected chi connectivity index (χ3v) is 4.22. The molecule has 0 spiro atoms. The molecule has 0 saturated carbocycles. The van der Waals surface area contributed by atoms with Crippen LogP contribution in [0.5, 0.6) is 0 Å². The highest BCUT2D eigenvalue weighted by Crippen LogP contribution is 2.25. The Labute approximate surface area is 107 Å². The van der Waals surface area contributed by atoms with E-state index >= 15 is 0 Å². The van der Waals surface area contributed by atoms with Crippen LogP contribution in [0.4, 0.5) is 0 Å². The second kappa shape index (κ2) is 6.55. The standard InChI is InChI=1S/C15H28N2/c1-3-4-7-16-8-10-17(11-9-16)13-15-6-5-14(2)12-15/h5,15H,3-4,6-13H2,1-2H3. The fraction of sp³-hybridized carbons (Fsp3) is 0.867. The lowest BCUT2D eigenvalue weighted by Crippen LogP contribution is -2.47. The molecule has 0 radical (unpaired) electrons. The second-order valence-electron chi connectivity index (χ2n) is 5.85. The average Bonchev–Trinajstić information content (AvgIpc) is 2.74. The summed E-state index contributed by atoms with van der Waals surface area (Å²) in [4.78, 5) is 5.32. The Morgan fingerprint density at radius 2 is 1.88 bits per heavy atom. The fourth-order valence-electron chi connectivity index (χ4n) is 3.07. The topological polar surface area (TPSA) is 6.48 Å². The summed E-state index contributed by atoms with van der Waals surface area (Å²) < 4.78 is 0. The van der Waals surface area contributed by atoms with Gasteiger partial charge in [0.2, 0.25) is 0 Å². The van der Waals surface area contributed by atoms with Crippen LogP contribution in [0.1, 0.15) is 39.5 Å². The summed E-state index contributed by atoms with van der Waals surface area (Å²) in [6.45, 7) is 12.4. The highest BCUT2D eigenvalue weighted by molar-refractivity contribution is 5.07. The van der Waals surface area contributed by atoms with Gasteiger partial charge in [-0.05, 0) is 38.6 Å². The molecule has 0 N–H and O–H groups in total. The average molecular weight is 236 g/mol. The van der Waals surface area contributed by atoms with E-state index in [0.717, 1.165) is 5.92 Å². The van der Waals surface area contributed by atoms with Crippen molar-refractivity contribution in [3.05, 3.63) is 11.6 Å². The molecule has 0 aromatic rings. The Morgan fingerprint density at radius 1 is 1.18 bits per heavy atom. The molecule has 0 aromatic heterocycles. The normalized spacial score (nSPS) is 27.4. The highest BCUT2D eigenvalue weighted by Gasteiger charge is 2.21. The van der Waals surface area contributed by atoms with Gasteiger partial charge in [-0.3, -0.25) is 0 Å². The molecular weight excluding hydrogens is 208 g/mol. The van der Waals surface area contributed by atoms with Crippen LogP contribution >= 0.6 is 0 Å². The van der Waals surface area contributed by atoms with Crippen LogP contribution < -0.4 is 0 Å². The summed E-state index contributed by atoms with van der Waals surface area (Å²) in [5.74, 6) is 0.914. The van der Waals surface area contributed by atoms with Crippen molar-refractivity contribution >= 4 is 0 Å². The molecule has 1 heterocycles. The Balaban J connectivity index is 1.62. The minimum absolute atomic E-state index is 0.914. The molecule has 1 saturated heterocycles. The van der Waals surface area contributed by atoms with Gasteiger partial charge in [-0.1, -0.05) is 25.0 Å². The Hall–Kier alpha value is -0.340. The van der Waals surface area contributed by atoms with Gasteiger partial charge in [0.15, 0.2) is 0 Å². The number of piperazine rings is 1. The van der Waals surface area contributed by atoms with Gasteiger partial charge < -0.3 is 9.80 Å². The molecule has 0 bridgehead atoms. The maximum Gasteiger partial charge on any atom is 0.0110 e. The van der Waals surface area contributed by atoms with Gasteiger partial charge in [-0.15, -0.1) is 0 Å². The monoisotopic (exact) mass is 236 g/mol. The van der Waals surface area contributed by atoms with Gasteiger partial charge in [0.25, 0.3) is 0 Å². The molecule has 1 atom stereocenters. The minimum atomic E-state index is 0.914. The highest BCUT2D eigenvalue weighted by atomic mass is 15.3. The maximum atomic E-state index is 2.68. The third kappa shape index (κ3) is 4.11. The summed E-state index contributed by atoms with van der Waals surface area (Å²) in [5, 5.41) is 0. The lowest BCUT2D eigenvalue weighted by atomic mass is 10.0. The summed E-state index contributed by atoms with van der Waals surface area (Å²) in [7, 11) is 0. The maximum absolute atomic E-state index is 2.68. The van der Waals surface area contributed by atoms with Crippen molar-refractivity contribution in [1.29, 1.82) is 0 Å². The molecule has 1 aliphatic carbocycles. The van der Waals surface area contributed by atoms with E-state index in [4.69, 9.17) is 0 Å². The molecule has 98 valence electrons. The van der Waals surface area contributed by atoms with Crippen molar-refractivity contribution in [2.45, 2.75) is 39.5 Å². The zero-order chi connectivity index (χ0) is 12.1. The SMILES string of the molecule is CCCCN1CCN(CC2CC=C(C)C2)CC1.